The molecule has 1 saturated heterocycles. The second kappa shape index (κ2) is 10.3. The third kappa shape index (κ3) is 5.28. The third-order valence-electron chi connectivity index (χ3n) is 5.85. The van der Waals surface area contributed by atoms with Crippen molar-refractivity contribution in [3.63, 3.8) is 0 Å². The molecule has 1 aliphatic heterocycles. The van der Waals surface area contributed by atoms with E-state index in [1.807, 2.05) is 36.4 Å². The van der Waals surface area contributed by atoms with Crippen LogP contribution in [-0.2, 0) is 17.9 Å². The van der Waals surface area contributed by atoms with E-state index in [9.17, 15) is 4.79 Å². The third-order valence-corrected chi connectivity index (χ3v) is 5.85. The van der Waals surface area contributed by atoms with Gasteiger partial charge in [0.25, 0.3) is 0 Å². The Morgan fingerprint density at radius 3 is 2.69 bits per heavy atom. The molecule has 1 atom stereocenters. The average molecular weight is 433 g/mol. The molecule has 168 valence electrons. The lowest BCUT2D eigenvalue weighted by Crippen LogP contribution is -2.45. The predicted molar refractivity (Wildman–Crippen MR) is 129 cm³/mol. The summed E-state index contributed by atoms with van der Waals surface area (Å²) in [4.78, 5) is 23.1. The number of fused-ring (bicyclic) bond motifs is 1. The summed E-state index contributed by atoms with van der Waals surface area (Å²) >= 11 is 0. The Hall–Kier alpha value is -3.35. The van der Waals surface area contributed by atoms with Gasteiger partial charge in [0.15, 0.2) is 5.96 Å². The number of amides is 1. The maximum absolute atomic E-state index is 11.9. The molecule has 0 saturated carbocycles. The van der Waals surface area contributed by atoms with Crippen LogP contribution < -0.4 is 10.6 Å². The van der Waals surface area contributed by atoms with Crippen LogP contribution in [0.3, 0.4) is 0 Å². The van der Waals surface area contributed by atoms with Crippen molar-refractivity contribution in [2.45, 2.75) is 45.8 Å². The number of para-hydroxylation sites is 2. The van der Waals surface area contributed by atoms with Crippen molar-refractivity contribution >= 4 is 22.9 Å². The van der Waals surface area contributed by atoms with Gasteiger partial charge in [0.05, 0.1) is 23.9 Å². The smallest absolute Gasteiger partial charge is 0.222 e. The molecule has 1 fully saturated rings. The summed E-state index contributed by atoms with van der Waals surface area (Å²) in [5.74, 6) is 1.03. The molecular weight excluding hydrogens is 400 g/mol. The highest BCUT2D eigenvalue weighted by atomic mass is 16.2. The number of benzene rings is 2. The molecule has 0 bridgehead atoms. The van der Waals surface area contributed by atoms with Gasteiger partial charge in [-0.2, -0.15) is 0 Å². The number of aromatic nitrogens is 2. The SMILES string of the molecule is CCNC(=NCc1ccc(Cn2cnc3ccccc32)cc1)NC1CCN(C(=O)CC)C1. The van der Waals surface area contributed by atoms with Crippen molar-refractivity contribution in [2.24, 2.45) is 4.99 Å². The van der Waals surface area contributed by atoms with E-state index in [1.54, 1.807) is 0 Å². The predicted octanol–water partition coefficient (Wildman–Crippen LogP) is 3.15. The molecule has 1 amide bonds. The molecule has 0 radical (unpaired) electrons. The summed E-state index contributed by atoms with van der Waals surface area (Å²) in [6, 6.07) is 17.0. The normalized spacial score (nSPS) is 16.5. The quantitative estimate of drug-likeness (QED) is 0.444. The summed E-state index contributed by atoms with van der Waals surface area (Å²) in [5, 5.41) is 6.81. The van der Waals surface area contributed by atoms with Crippen LogP contribution in [0.4, 0.5) is 0 Å². The van der Waals surface area contributed by atoms with Crippen LogP contribution in [0.5, 0.6) is 0 Å². The first-order valence-electron chi connectivity index (χ1n) is 11.5. The van der Waals surface area contributed by atoms with Crippen LogP contribution in [0, 0.1) is 0 Å². The summed E-state index contributed by atoms with van der Waals surface area (Å²) < 4.78 is 2.17. The summed E-state index contributed by atoms with van der Waals surface area (Å²) in [7, 11) is 0. The Bertz CT molecular complexity index is 1070. The van der Waals surface area contributed by atoms with Gasteiger partial charge < -0.3 is 20.1 Å². The highest BCUT2D eigenvalue weighted by molar-refractivity contribution is 5.80. The number of hydrogen-bond acceptors (Lipinski definition) is 3. The van der Waals surface area contributed by atoms with Crippen LogP contribution in [0.1, 0.15) is 37.8 Å². The minimum absolute atomic E-state index is 0.222. The van der Waals surface area contributed by atoms with E-state index < -0.39 is 0 Å². The number of nitrogens with zero attached hydrogens (tertiary/aromatic N) is 4. The molecule has 3 aromatic rings. The maximum Gasteiger partial charge on any atom is 0.222 e. The van der Waals surface area contributed by atoms with Crippen molar-refractivity contribution in [1.82, 2.24) is 25.1 Å². The zero-order valence-electron chi connectivity index (χ0n) is 18.9. The maximum atomic E-state index is 11.9. The van der Waals surface area contributed by atoms with Crippen LogP contribution in [0.25, 0.3) is 11.0 Å². The lowest BCUT2D eigenvalue weighted by molar-refractivity contribution is -0.129. The molecule has 1 aromatic heterocycles. The van der Waals surface area contributed by atoms with Crippen molar-refractivity contribution in [2.75, 3.05) is 19.6 Å². The number of nitrogens with one attached hydrogen (secondary N) is 2. The zero-order chi connectivity index (χ0) is 22.3. The average Bonchev–Trinajstić information content (AvgIpc) is 3.45. The first-order chi connectivity index (χ1) is 15.7. The van der Waals surface area contributed by atoms with E-state index in [1.165, 1.54) is 5.56 Å². The molecule has 7 heteroatoms. The van der Waals surface area contributed by atoms with Crippen molar-refractivity contribution in [3.8, 4) is 0 Å². The van der Waals surface area contributed by atoms with Gasteiger partial charge in [0.1, 0.15) is 0 Å². The fourth-order valence-corrected chi connectivity index (χ4v) is 4.10. The van der Waals surface area contributed by atoms with Crippen molar-refractivity contribution in [1.29, 1.82) is 0 Å². The Kier molecular flexibility index (Phi) is 7.04. The molecule has 7 nitrogen and oxygen atoms in total. The van der Waals surface area contributed by atoms with E-state index >= 15 is 0 Å². The Morgan fingerprint density at radius 2 is 1.91 bits per heavy atom. The van der Waals surface area contributed by atoms with Gasteiger partial charge in [-0.3, -0.25) is 4.79 Å². The summed E-state index contributed by atoms with van der Waals surface area (Å²) in [6.07, 6.45) is 3.41. The largest absolute Gasteiger partial charge is 0.357 e. The number of rotatable bonds is 7. The van der Waals surface area contributed by atoms with Gasteiger partial charge >= 0.3 is 0 Å². The molecule has 1 unspecified atom stereocenters. The van der Waals surface area contributed by atoms with E-state index in [4.69, 9.17) is 4.99 Å². The van der Waals surface area contributed by atoms with Crippen LogP contribution in [0.15, 0.2) is 59.9 Å². The zero-order valence-corrected chi connectivity index (χ0v) is 18.9. The molecule has 2 aromatic carbocycles. The minimum Gasteiger partial charge on any atom is -0.357 e. The Balaban J connectivity index is 1.35. The second-order valence-electron chi connectivity index (χ2n) is 8.20. The Labute approximate surface area is 189 Å². The van der Waals surface area contributed by atoms with E-state index in [0.717, 1.165) is 55.2 Å². The lowest BCUT2D eigenvalue weighted by atomic mass is 10.1. The molecule has 1 aliphatic rings. The molecule has 2 heterocycles. The van der Waals surface area contributed by atoms with Gasteiger partial charge in [0, 0.05) is 38.6 Å². The monoisotopic (exact) mass is 432 g/mol. The fraction of sp³-hybridized carbons (Fsp3) is 0.400. The van der Waals surface area contributed by atoms with Gasteiger partial charge in [-0.1, -0.05) is 43.3 Å². The van der Waals surface area contributed by atoms with Gasteiger partial charge in [-0.05, 0) is 36.6 Å². The number of aliphatic imine (C=N–C) groups is 1. The second-order valence-corrected chi connectivity index (χ2v) is 8.20. The standard InChI is InChI=1S/C25H32N6O/c1-3-24(32)30-14-13-21(17-30)29-25(26-4-2)27-15-19-9-11-20(12-10-19)16-31-18-28-22-7-5-6-8-23(22)31/h5-12,18,21H,3-4,13-17H2,1-2H3,(H2,26,27,29). The lowest BCUT2D eigenvalue weighted by Gasteiger charge is -2.18. The van der Waals surface area contributed by atoms with Crippen LogP contribution in [0.2, 0.25) is 0 Å². The van der Waals surface area contributed by atoms with Crippen LogP contribution in [-0.4, -0.2) is 52.0 Å². The van der Waals surface area contributed by atoms with E-state index in [2.05, 4.69) is 57.4 Å². The molecule has 4 rings (SSSR count). The first kappa shape index (κ1) is 21.9. The number of imidazole rings is 1. The molecule has 32 heavy (non-hydrogen) atoms. The number of guanidine groups is 1. The Morgan fingerprint density at radius 1 is 1.12 bits per heavy atom. The molecular formula is C25H32N6O. The highest BCUT2D eigenvalue weighted by Crippen LogP contribution is 2.15. The molecule has 2 N–H and O–H groups in total. The van der Waals surface area contributed by atoms with Gasteiger partial charge in [-0.25, -0.2) is 9.98 Å². The van der Waals surface area contributed by atoms with Crippen molar-refractivity contribution < 1.29 is 4.79 Å². The molecule has 0 spiro atoms. The summed E-state index contributed by atoms with van der Waals surface area (Å²) in [5.41, 5.74) is 4.56. The van der Waals surface area contributed by atoms with Crippen LogP contribution >= 0.6 is 0 Å². The molecule has 0 aliphatic carbocycles. The van der Waals surface area contributed by atoms with Gasteiger partial charge in [-0.15, -0.1) is 0 Å². The fourth-order valence-electron chi connectivity index (χ4n) is 4.10. The first-order valence-corrected chi connectivity index (χ1v) is 11.5. The number of carbonyl (C=O) groups is 1. The summed E-state index contributed by atoms with van der Waals surface area (Å²) in [6.45, 7) is 7.74. The van der Waals surface area contributed by atoms with E-state index in [-0.39, 0.29) is 11.9 Å². The number of hydrogen-bond donors (Lipinski definition) is 2. The minimum atomic E-state index is 0.222. The highest BCUT2D eigenvalue weighted by Gasteiger charge is 2.25. The van der Waals surface area contributed by atoms with E-state index in [0.29, 0.717) is 13.0 Å². The number of likely N-dealkylation sites (tertiary alicyclic amines) is 1. The van der Waals surface area contributed by atoms with Crippen molar-refractivity contribution in [3.05, 3.63) is 66.0 Å². The number of carbonyl (C=O) groups excluding carboxylic acids is 1. The van der Waals surface area contributed by atoms with Gasteiger partial charge in [0.2, 0.25) is 5.91 Å². The topological polar surface area (TPSA) is 74.6 Å².